The van der Waals surface area contributed by atoms with Crippen molar-refractivity contribution in [1.82, 2.24) is 5.32 Å². The standard InChI is InChI=1S/C21H27NO3/c1-15(23)21(2)14-22-12-18(21)17-9-10-19(24-3)20(11-17)25-13-16-7-5-4-6-8-16/h4-11,15,18,22-23H,12-14H2,1-3H3/t15?,18-,21-/m0/s1. The van der Waals surface area contributed by atoms with E-state index in [9.17, 15) is 5.11 Å². The summed E-state index contributed by atoms with van der Waals surface area (Å²) in [5, 5.41) is 13.7. The first kappa shape index (κ1) is 17.8. The predicted molar refractivity (Wildman–Crippen MR) is 99.2 cm³/mol. The maximum absolute atomic E-state index is 10.3. The normalized spacial score (nSPS) is 24.1. The zero-order valence-electron chi connectivity index (χ0n) is 15.2. The van der Waals surface area contributed by atoms with Gasteiger partial charge in [0.05, 0.1) is 13.2 Å². The third kappa shape index (κ3) is 3.65. The molecule has 0 spiro atoms. The first-order chi connectivity index (χ1) is 12.0. The van der Waals surface area contributed by atoms with Crippen LogP contribution in [0.2, 0.25) is 0 Å². The molecular formula is C21H27NO3. The second kappa shape index (κ2) is 7.46. The fourth-order valence-electron chi connectivity index (χ4n) is 3.54. The van der Waals surface area contributed by atoms with Crippen LogP contribution in [0.25, 0.3) is 0 Å². The summed E-state index contributed by atoms with van der Waals surface area (Å²) in [5.74, 6) is 1.70. The quantitative estimate of drug-likeness (QED) is 0.846. The Balaban J connectivity index is 1.85. The van der Waals surface area contributed by atoms with Crippen molar-refractivity contribution in [1.29, 1.82) is 0 Å². The molecular weight excluding hydrogens is 314 g/mol. The van der Waals surface area contributed by atoms with Crippen molar-refractivity contribution in [2.75, 3.05) is 20.2 Å². The SMILES string of the molecule is COc1ccc([C@@H]2CNC[C@@]2(C)C(C)O)cc1OCc1ccccc1. The molecule has 3 atom stereocenters. The number of nitrogens with one attached hydrogen (secondary N) is 1. The van der Waals surface area contributed by atoms with Crippen molar-refractivity contribution >= 4 is 0 Å². The van der Waals surface area contributed by atoms with Crippen LogP contribution in [0.4, 0.5) is 0 Å². The van der Waals surface area contributed by atoms with E-state index < -0.39 is 0 Å². The molecule has 4 nitrogen and oxygen atoms in total. The molecule has 0 aromatic heterocycles. The lowest BCUT2D eigenvalue weighted by atomic mass is 9.72. The molecule has 4 heteroatoms. The number of benzene rings is 2. The van der Waals surface area contributed by atoms with Crippen LogP contribution in [0.3, 0.4) is 0 Å². The van der Waals surface area contributed by atoms with Crippen LogP contribution in [0.15, 0.2) is 48.5 Å². The van der Waals surface area contributed by atoms with Gasteiger partial charge in [0.2, 0.25) is 0 Å². The number of rotatable bonds is 6. The molecule has 2 N–H and O–H groups in total. The van der Waals surface area contributed by atoms with Crippen LogP contribution in [-0.2, 0) is 6.61 Å². The minimum atomic E-state index is -0.386. The van der Waals surface area contributed by atoms with Crippen LogP contribution < -0.4 is 14.8 Å². The predicted octanol–water partition coefficient (Wildman–Crippen LogP) is 3.35. The molecule has 25 heavy (non-hydrogen) atoms. The van der Waals surface area contributed by atoms with Crippen molar-refractivity contribution < 1.29 is 14.6 Å². The molecule has 2 aromatic carbocycles. The summed E-state index contributed by atoms with van der Waals surface area (Å²) in [6.07, 6.45) is -0.386. The van der Waals surface area contributed by atoms with Gasteiger partial charge in [0.25, 0.3) is 0 Å². The van der Waals surface area contributed by atoms with Gasteiger partial charge in [0, 0.05) is 24.4 Å². The zero-order valence-corrected chi connectivity index (χ0v) is 15.2. The van der Waals surface area contributed by atoms with E-state index in [0.29, 0.717) is 6.61 Å². The van der Waals surface area contributed by atoms with Gasteiger partial charge >= 0.3 is 0 Å². The molecule has 1 aliphatic rings. The highest BCUT2D eigenvalue weighted by molar-refractivity contribution is 5.45. The summed E-state index contributed by atoms with van der Waals surface area (Å²) in [6, 6.07) is 16.2. The van der Waals surface area contributed by atoms with E-state index >= 15 is 0 Å². The minimum Gasteiger partial charge on any atom is -0.493 e. The fourth-order valence-corrected chi connectivity index (χ4v) is 3.54. The number of ether oxygens (including phenoxy) is 2. The van der Waals surface area contributed by atoms with Crippen molar-refractivity contribution in [2.24, 2.45) is 5.41 Å². The number of aliphatic hydroxyl groups excluding tert-OH is 1. The Hall–Kier alpha value is -2.04. The molecule has 0 bridgehead atoms. The third-order valence-corrected chi connectivity index (χ3v) is 5.43. The van der Waals surface area contributed by atoms with Gasteiger partial charge in [0.15, 0.2) is 11.5 Å². The fraction of sp³-hybridized carbons (Fsp3) is 0.429. The Kier molecular flexibility index (Phi) is 5.30. The third-order valence-electron chi connectivity index (χ3n) is 5.43. The van der Waals surface area contributed by atoms with Gasteiger partial charge in [-0.1, -0.05) is 43.3 Å². The van der Waals surface area contributed by atoms with E-state index in [0.717, 1.165) is 35.7 Å². The second-order valence-corrected chi connectivity index (χ2v) is 7.05. The lowest BCUT2D eigenvalue weighted by molar-refractivity contribution is 0.0549. The molecule has 1 unspecified atom stereocenters. The minimum absolute atomic E-state index is 0.189. The van der Waals surface area contributed by atoms with E-state index in [-0.39, 0.29) is 17.4 Å². The summed E-state index contributed by atoms with van der Waals surface area (Å²) in [4.78, 5) is 0. The molecule has 1 fully saturated rings. The first-order valence-corrected chi connectivity index (χ1v) is 8.78. The van der Waals surface area contributed by atoms with Gasteiger partial charge in [-0.3, -0.25) is 0 Å². The monoisotopic (exact) mass is 341 g/mol. The Morgan fingerprint density at radius 1 is 1.20 bits per heavy atom. The highest BCUT2D eigenvalue weighted by Gasteiger charge is 2.43. The Labute approximate surface area is 149 Å². The van der Waals surface area contributed by atoms with Crippen molar-refractivity contribution in [2.45, 2.75) is 32.5 Å². The first-order valence-electron chi connectivity index (χ1n) is 8.78. The molecule has 1 saturated heterocycles. The number of aliphatic hydroxyl groups is 1. The van der Waals surface area contributed by atoms with E-state index in [4.69, 9.17) is 9.47 Å². The largest absolute Gasteiger partial charge is 0.493 e. The average molecular weight is 341 g/mol. The number of methoxy groups -OCH3 is 1. The van der Waals surface area contributed by atoms with Crippen LogP contribution in [-0.4, -0.2) is 31.4 Å². The van der Waals surface area contributed by atoms with E-state index in [1.807, 2.05) is 43.3 Å². The molecule has 1 heterocycles. The van der Waals surface area contributed by atoms with Gasteiger partial charge in [-0.2, -0.15) is 0 Å². The van der Waals surface area contributed by atoms with Crippen LogP contribution in [0.5, 0.6) is 11.5 Å². The highest BCUT2D eigenvalue weighted by Crippen LogP contribution is 2.43. The van der Waals surface area contributed by atoms with Gasteiger partial charge in [-0.05, 0) is 30.2 Å². The molecule has 1 aliphatic heterocycles. The summed E-state index contributed by atoms with van der Waals surface area (Å²) >= 11 is 0. The second-order valence-electron chi connectivity index (χ2n) is 7.05. The number of hydrogen-bond donors (Lipinski definition) is 2. The lowest BCUT2D eigenvalue weighted by Gasteiger charge is -2.34. The van der Waals surface area contributed by atoms with E-state index in [1.165, 1.54) is 0 Å². The van der Waals surface area contributed by atoms with Crippen LogP contribution in [0.1, 0.15) is 30.9 Å². The maximum atomic E-state index is 10.3. The summed E-state index contributed by atoms with van der Waals surface area (Å²) in [5.41, 5.74) is 2.09. The average Bonchev–Trinajstić information content (AvgIpc) is 3.04. The summed E-state index contributed by atoms with van der Waals surface area (Å²) in [7, 11) is 1.65. The van der Waals surface area contributed by atoms with Crippen LogP contribution >= 0.6 is 0 Å². The molecule has 0 aliphatic carbocycles. The molecule has 134 valence electrons. The molecule has 0 radical (unpaired) electrons. The van der Waals surface area contributed by atoms with Gasteiger partial charge in [-0.25, -0.2) is 0 Å². The zero-order chi connectivity index (χ0) is 17.9. The Morgan fingerprint density at radius 3 is 2.64 bits per heavy atom. The highest BCUT2D eigenvalue weighted by atomic mass is 16.5. The smallest absolute Gasteiger partial charge is 0.161 e. The summed E-state index contributed by atoms with van der Waals surface area (Å²) in [6.45, 7) is 6.16. The van der Waals surface area contributed by atoms with Crippen LogP contribution in [0, 0.1) is 5.41 Å². The molecule has 2 aromatic rings. The summed E-state index contributed by atoms with van der Waals surface area (Å²) < 4.78 is 11.5. The van der Waals surface area contributed by atoms with Crippen molar-refractivity contribution in [3.8, 4) is 11.5 Å². The van der Waals surface area contributed by atoms with Gasteiger partial charge in [-0.15, -0.1) is 0 Å². The maximum Gasteiger partial charge on any atom is 0.161 e. The van der Waals surface area contributed by atoms with E-state index in [2.05, 4.69) is 24.4 Å². The molecule has 0 amide bonds. The Bertz CT molecular complexity index is 702. The lowest BCUT2D eigenvalue weighted by Crippen LogP contribution is -2.36. The van der Waals surface area contributed by atoms with Gasteiger partial charge < -0.3 is 19.9 Å². The Morgan fingerprint density at radius 2 is 1.96 bits per heavy atom. The topological polar surface area (TPSA) is 50.7 Å². The molecule has 3 rings (SSSR count). The molecule has 0 saturated carbocycles. The van der Waals surface area contributed by atoms with E-state index in [1.54, 1.807) is 7.11 Å². The van der Waals surface area contributed by atoms with Gasteiger partial charge in [0.1, 0.15) is 6.61 Å². The number of hydrogen-bond acceptors (Lipinski definition) is 4. The van der Waals surface area contributed by atoms with Crippen molar-refractivity contribution in [3.05, 3.63) is 59.7 Å². The van der Waals surface area contributed by atoms with Crippen molar-refractivity contribution in [3.63, 3.8) is 0 Å².